The van der Waals surface area contributed by atoms with Crippen LogP contribution < -0.4 is 5.32 Å². The Kier molecular flexibility index (Phi) is 6.58. The van der Waals surface area contributed by atoms with Crippen LogP contribution >= 0.6 is 23.4 Å². The standard InChI is InChI=1S/C17H20ClNOS/c1-13-2-8-17(9-3-13)21-12-16(20)11-19-10-14-4-6-15(18)7-5-14/h2-9,16,19-20H,10-12H2,1H3. The van der Waals surface area contributed by atoms with Gasteiger partial charge in [0.05, 0.1) is 6.10 Å². The quantitative estimate of drug-likeness (QED) is 0.759. The van der Waals surface area contributed by atoms with Crippen LogP contribution in [0.4, 0.5) is 0 Å². The second kappa shape index (κ2) is 8.44. The number of benzene rings is 2. The van der Waals surface area contributed by atoms with Crippen molar-refractivity contribution in [3.8, 4) is 0 Å². The van der Waals surface area contributed by atoms with E-state index in [1.54, 1.807) is 11.8 Å². The zero-order chi connectivity index (χ0) is 15.1. The van der Waals surface area contributed by atoms with E-state index in [9.17, 15) is 5.11 Å². The fraction of sp³-hybridized carbons (Fsp3) is 0.294. The molecule has 0 spiro atoms. The number of aliphatic hydroxyl groups excluding tert-OH is 1. The van der Waals surface area contributed by atoms with E-state index in [0.717, 1.165) is 17.1 Å². The minimum absolute atomic E-state index is 0.358. The zero-order valence-electron chi connectivity index (χ0n) is 12.1. The van der Waals surface area contributed by atoms with Crippen molar-refractivity contribution in [2.45, 2.75) is 24.5 Å². The summed E-state index contributed by atoms with van der Waals surface area (Å²) in [6.45, 7) is 3.40. The van der Waals surface area contributed by atoms with Crippen molar-refractivity contribution < 1.29 is 5.11 Å². The summed E-state index contributed by atoms with van der Waals surface area (Å²) in [6, 6.07) is 16.1. The number of rotatable bonds is 7. The summed E-state index contributed by atoms with van der Waals surface area (Å²) < 4.78 is 0. The van der Waals surface area contributed by atoms with Gasteiger partial charge in [-0.25, -0.2) is 0 Å². The maximum absolute atomic E-state index is 9.98. The van der Waals surface area contributed by atoms with Crippen molar-refractivity contribution >= 4 is 23.4 Å². The highest BCUT2D eigenvalue weighted by Crippen LogP contribution is 2.19. The Morgan fingerprint density at radius 3 is 2.43 bits per heavy atom. The molecule has 0 amide bonds. The molecule has 0 aliphatic rings. The number of thioether (sulfide) groups is 1. The van der Waals surface area contributed by atoms with Crippen LogP contribution in [0.1, 0.15) is 11.1 Å². The smallest absolute Gasteiger partial charge is 0.0758 e. The molecule has 0 bridgehead atoms. The van der Waals surface area contributed by atoms with Gasteiger partial charge in [0.2, 0.25) is 0 Å². The average Bonchev–Trinajstić information content (AvgIpc) is 2.49. The summed E-state index contributed by atoms with van der Waals surface area (Å²) in [5, 5.41) is 14.0. The summed E-state index contributed by atoms with van der Waals surface area (Å²) in [7, 11) is 0. The van der Waals surface area contributed by atoms with E-state index in [0.29, 0.717) is 12.3 Å². The van der Waals surface area contributed by atoms with E-state index in [4.69, 9.17) is 11.6 Å². The van der Waals surface area contributed by atoms with Gasteiger partial charge in [-0.15, -0.1) is 11.8 Å². The van der Waals surface area contributed by atoms with Crippen molar-refractivity contribution in [2.75, 3.05) is 12.3 Å². The summed E-state index contributed by atoms with van der Waals surface area (Å²) in [5.74, 6) is 0.691. The molecule has 2 nitrogen and oxygen atoms in total. The number of hydrogen-bond acceptors (Lipinski definition) is 3. The van der Waals surface area contributed by atoms with E-state index in [2.05, 4.69) is 36.5 Å². The van der Waals surface area contributed by atoms with Gasteiger partial charge in [0.25, 0.3) is 0 Å². The molecule has 0 fully saturated rings. The molecule has 112 valence electrons. The molecule has 4 heteroatoms. The third-order valence-corrected chi connectivity index (χ3v) is 4.49. The van der Waals surface area contributed by atoms with E-state index in [1.807, 2.05) is 24.3 Å². The molecule has 0 aromatic heterocycles. The van der Waals surface area contributed by atoms with E-state index in [1.165, 1.54) is 10.5 Å². The number of nitrogens with one attached hydrogen (secondary N) is 1. The van der Waals surface area contributed by atoms with Crippen LogP contribution in [-0.4, -0.2) is 23.5 Å². The average molecular weight is 322 g/mol. The number of aliphatic hydroxyl groups is 1. The van der Waals surface area contributed by atoms with Crippen LogP contribution in [0.25, 0.3) is 0 Å². The van der Waals surface area contributed by atoms with Crippen molar-refractivity contribution in [2.24, 2.45) is 0 Å². The fourth-order valence-corrected chi connectivity index (χ4v) is 2.83. The SMILES string of the molecule is Cc1ccc(SCC(O)CNCc2ccc(Cl)cc2)cc1. The normalized spacial score (nSPS) is 12.3. The van der Waals surface area contributed by atoms with Crippen molar-refractivity contribution in [3.05, 3.63) is 64.7 Å². The van der Waals surface area contributed by atoms with Crippen LogP contribution in [0.15, 0.2) is 53.4 Å². The molecule has 2 aromatic rings. The second-order valence-corrected chi connectivity index (χ2v) is 6.57. The molecule has 21 heavy (non-hydrogen) atoms. The highest BCUT2D eigenvalue weighted by Gasteiger charge is 2.05. The van der Waals surface area contributed by atoms with Gasteiger partial charge < -0.3 is 10.4 Å². The Bertz CT molecular complexity index is 542. The van der Waals surface area contributed by atoms with Crippen molar-refractivity contribution in [1.82, 2.24) is 5.32 Å². The molecule has 2 N–H and O–H groups in total. The first-order chi connectivity index (χ1) is 10.1. The van der Waals surface area contributed by atoms with E-state index < -0.39 is 0 Å². The molecule has 0 aliphatic carbocycles. The molecule has 1 atom stereocenters. The Morgan fingerprint density at radius 2 is 1.76 bits per heavy atom. The lowest BCUT2D eigenvalue weighted by Crippen LogP contribution is -2.28. The molecule has 0 heterocycles. The third-order valence-electron chi connectivity index (χ3n) is 3.09. The van der Waals surface area contributed by atoms with Gasteiger partial charge in [0.1, 0.15) is 0 Å². The Morgan fingerprint density at radius 1 is 1.10 bits per heavy atom. The minimum Gasteiger partial charge on any atom is -0.391 e. The summed E-state index contributed by atoms with van der Waals surface area (Å²) in [6.07, 6.45) is -0.358. The van der Waals surface area contributed by atoms with Crippen LogP contribution in [0, 0.1) is 6.92 Å². The molecule has 0 saturated carbocycles. The zero-order valence-corrected chi connectivity index (χ0v) is 13.6. The van der Waals surface area contributed by atoms with Gasteiger partial charge in [0.15, 0.2) is 0 Å². The highest BCUT2D eigenvalue weighted by atomic mass is 35.5. The Balaban J connectivity index is 1.66. The van der Waals surface area contributed by atoms with Crippen LogP contribution in [0.5, 0.6) is 0 Å². The molecule has 2 rings (SSSR count). The third kappa shape index (κ3) is 6.10. The van der Waals surface area contributed by atoms with Gasteiger partial charge in [-0.2, -0.15) is 0 Å². The molecule has 0 saturated heterocycles. The minimum atomic E-state index is -0.358. The van der Waals surface area contributed by atoms with Gasteiger partial charge in [-0.3, -0.25) is 0 Å². The van der Waals surface area contributed by atoms with E-state index >= 15 is 0 Å². The van der Waals surface area contributed by atoms with E-state index in [-0.39, 0.29) is 6.10 Å². The van der Waals surface area contributed by atoms with Gasteiger partial charge in [-0.05, 0) is 36.8 Å². The molecule has 1 unspecified atom stereocenters. The predicted octanol–water partition coefficient (Wildman–Crippen LogP) is 3.89. The largest absolute Gasteiger partial charge is 0.391 e. The molecular formula is C17H20ClNOS. The maximum atomic E-state index is 9.98. The van der Waals surface area contributed by atoms with Crippen molar-refractivity contribution in [3.63, 3.8) is 0 Å². The summed E-state index contributed by atoms with van der Waals surface area (Å²) in [4.78, 5) is 1.19. The Labute approximate surface area is 135 Å². The number of halogens is 1. The molecular weight excluding hydrogens is 302 g/mol. The second-order valence-electron chi connectivity index (χ2n) is 5.04. The van der Waals surface area contributed by atoms with Gasteiger partial charge in [0, 0.05) is 28.8 Å². The topological polar surface area (TPSA) is 32.3 Å². The fourth-order valence-electron chi connectivity index (χ4n) is 1.87. The lowest BCUT2D eigenvalue weighted by atomic mass is 10.2. The molecule has 0 aliphatic heterocycles. The Hall–Kier alpha value is -1.00. The lowest BCUT2D eigenvalue weighted by molar-refractivity contribution is 0.195. The van der Waals surface area contributed by atoms with Crippen LogP contribution in [-0.2, 0) is 6.54 Å². The highest BCUT2D eigenvalue weighted by molar-refractivity contribution is 7.99. The number of hydrogen-bond donors (Lipinski definition) is 2. The van der Waals surface area contributed by atoms with Crippen molar-refractivity contribution in [1.29, 1.82) is 0 Å². The molecule has 0 radical (unpaired) electrons. The first kappa shape index (κ1) is 16.4. The lowest BCUT2D eigenvalue weighted by Gasteiger charge is -2.12. The first-order valence-electron chi connectivity index (χ1n) is 6.96. The predicted molar refractivity (Wildman–Crippen MR) is 91.1 cm³/mol. The number of aryl methyl sites for hydroxylation is 1. The maximum Gasteiger partial charge on any atom is 0.0758 e. The summed E-state index contributed by atoms with van der Waals surface area (Å²) in [5.41, 5.74) is 2.42. The van der Waals surface area contributed by atoms with Gasteiger partial charge >= 0.3 is 0 Å². The monoisotopic (exact) mass is 321 g/mol. The van der Waals surface area contributed by atoms with Gasteiger partial charge in [-0.1, -0.05) is 41.4 Å². The van der Waals surface area contributed by atoms with Crippen LogP contribution in [0.3, 0.4) is 0 Å². The summed E-state index contributed by atoms with van der Waals surface area (Å²) >= 11 is 7.52. The van der Waals surface area contributed by atoms with Crippen LogP contribution in [0.2, 0.25) is 5.02 Å². The first-order valence-corrected chi connectivity index (χ1v) is 8.32. The molecule has 2 aromatic carbocycles.